The third-order valence-corrected chi connectivity index (χ3v) is 4.76. The van der Waals surface area contributed by atoms with Crippen molar-refractivity contribution in [2.75, 3.05) is 10.6 Å². The molecule has 1 aromatic carbocycles. The summed E-state index contributed by atoms with van der Waals surface area (Å²) in [5.74, 6) is 1.95. The summed E-state index contributed by atoms with van der Waals surface area (Å²) in [5, 5.41) is 6.59. The van der Waals surface area contributed by atoms with Crippen LogP contribution in [0.1, 0.15) is 25.7 Å². The van der Waals surface area contributed by atoms with E-state index < -0.39 is 0 Å². The van der Waals surface area contributed by atoms with Crippen molar-refractivity contribution < 1.29 is 0 Å². The molecule has 5 rings (SSSR count). The van der Waals surface area contributed by atoms with Crippen molar-refractivity contribution in [1.29, 1.82) is 0 Å². The summed E-state index contributed by atoms with van der Waals surface area (Å²) < 4.78 is 2.03. The Hall–Kier alpha value is -4.01. The van der Waals surface area contributed by atoms with Crippen molar-refractivity contribution >= 4 is 39.7 Å². The molecule has 0 bridgehead atoms. The maximum Gasteiger partial charge on any atom is 0.231 e. The van der Waals surface area contributed by atoms with Crippen LogP contribution in [0.15, 0.2) is 55.1 Å². The van der Waals surface area contributed by atoms with E-state index in [0.717, 1.165) is 33.7 Å². The molecule has 0 unspecified atom stereocenters. The predicted octanol–water partition coefficient (Wildman–Crippen LogP) is 4.03. The van der Waals surface area contributed by atoms with Crippen LogP contribution in [0.2, 0.25) is 0 Å². The number of para-hydroxylation sites is 2. The summed E-state index contributed by atoms with van der Waals surface area (Å²) in [6.07, 6.45) is 5.25. The summed E-state index contributed by atoms with van der Waals surface area (Å²) in [4.78, 5) is 26.0. The number of fused-ring (bicyclic) bond motifs is 2. The molecule has 0 aliphatic rings. The van der Waals surface area contributed by atoms with Gasteiger partial charge in [0.05, 0.1) is 35.8 Å². The van der Waals surface area contributed by atoms with Crippen LogP contribution >= 0.6 is 0 Å². The highest BCUT2D eigenvalue weighted by Gasteiger charge is 2.15. The second-order valence-corrected chi connectivity index (χ2v) is 7.23. The first-order valence-corrected chi connectivity index (χ1v) is 9.76. The minimum absolute atomic E-state index is 0.222. The Kier molecular flexibility index (Phi) is 4.47. The highest BCUT2D eigenvalue weighted by atomic mass is 15.2. The first-order chi connectivity index (χ1) is 14.7. The van der Waals surface area contributed by atoms with Gasteiger partial charge >= 0.3 is 0 Å². The lowest BCUT2D eigenvalue weighted by Crippen LogP contribution is -2.08. The molecule has 0 saturated heterocycles. The van der Waals surface area contributed by atoms with E-state index in [9.17, 15) is 0 Å². The molecule has 0 radical (unpaired) electrons. The van der Waals surface area contributed by atoms with Crippen molar-refractivity contribution in [3.8, 4) is 0 Å². The fraction of sp³-hybridized carbons (Fsp3) is 0.190. The Balaban J connectivity index is 1.50. The number of nitrogens with one attached hydrogen (secondary N) is 3. The molecular weight excluding hydrogens is 378 g/mol. The maximum atomic E-state index is 4.69. The molecule has 4 aromatic heterocycles. The van der Waals surface area contributed by atoms with Gasteiger partial charge in [0.25, 0.3) is 0 Å². The standard InChI is InChI=1S/C21H21N9/c1-13(2)30-12-24-18-19(23-11-17-26-15-7-3-4-8-16(15)27-17)28-21(29-20(18)30)25-14-6-5-9-22-10-14/h3-10,12-13H,11H2,1-2H3,(H,26,27)(H2,23,25,28,29). The van der Waals surface area contributed by atoms with Gasteiger partial charge in [-0.3, -0.25) is 4.98 Å². The van der Waals surface area contributed by atoms with E-state index >= 15 is 0 Å². The van der Waals surface area contributed by atoms with Crippen molar-refractivity contribution in [2.24, 2.45) is 0 Å². The lowest BCUT2D eigenvalue weighted by Gasteiger charge is -2.11. The molecule has 0 saturated carbocycles. The number of benzene rings is 1. The summed E-state index contributed by atoms with van der Waals surface area (Å²) in [6.45, 7) is 4.68. The van der Waals surface area contributed by atoms with Gasteiger partial charge in [-0.05, 0) is 38.1 Å². The van der Waals surface area contributed by atoms with E-state index in [1.807, 2.05) is 41.0 Å². The van der Waals surface area contributed by atoms with Gasteiger partial charge < -0.3 is 20.2 Å². The van der Waals surface area contributed by atoms with Crippen molar-refractivity contribution in [1.82, 2.24) is 34.5 Å². The highest BCUT2D eigenvalue weighted by molar-refractivity contribution is 5.85. The topological polar surface area (TPSA) is 109 Å². The molecule has 0 aliphatic carbocycles. The molecule has 9 heteroatoms. The molecule has 0 aliphatic heterocycles. The molecule has 0 fully saturated rings. The highest BCUT2D eigenvalue weighted by Crippen LogP contribution is 2.25. The van der Waals surface area contributed by atoms with Crippen LogP contribution in [0, 0.1) is 0 Å². The van der Waals surface area contributed by atoms with Crippen LogP contribution in [0.4, 0.5) is 17.5 Å². The average Bonchev–Trinajstić information content (AvgIpc) is 3.36. The summed E-state index contributed by atoms with van der Waals surface area (Å²) in [7, 11) is 0. The molecule has 0 atom stereocenters. The van der Waals surface area contributed by atoms with Gasteiger partial charge in [-0.2, -0.15) is 9.97 Å². The zero-order chi connectivity index (χ0) is 20.5. The molecule has 150 valence electrons. The Labute approximate surface area is 172 Å². The van der Waals surface area contributed by atoms with Crippen LogP contribution < -0.4 is 10.6 Å². The molecule has 9 nitrogen and oxygen atoms in total. The zero-order valence-electron chi connectivity index (χ0n) is 16.7. The largest absolute Gasteiger partial charge is 0.361 e. The number of rotatable bonds is 6. The van der Waals surface area contributed by atoms with Gasteiger partial charge in [-0.25, -0.2) is 9.97 Å². The van der Waals surface area contributed by atoms with Gasteiger partial charge in [0.2, 0.25) is 5.95 Å². The number of hydrogen-bond acceptors (Lipinski definition) is 7. The fourth-order valence-corrected chi connectivity index (χ4v) is 3.30. The van der Waals surface area contributed by atoms with Crippen molar-refractivity contribution in [3.05, 3.63) is 60.9 Å². The van der Waals surface area contributed by atoms with Crippen LogP contribution in [0.25, 0.3) is 22.2 Å². The van der Waals surface area contributed by atoms with Gasteiger partial charge in [-0.15, -0.1) is 0 Å². The number of pyridine rings is 1. The van der Waals surface area contributed by atoms with E-state index in [1.54, 1.807) is 18.7 Å². The fourth-order valence-electron chi connectivity index (χ4n) is 3.30. The molecule has 5 aromatic rings. The maximum absolute atomic E-state index is 4.69. The SMILES string of the molecule is CC(C)n1cnc2c(NCc3nc4ccccc4[nH]3)nc(Nc3cccnc3)nc21. The van der Waals surface area contributed by atoms with Crippen LogP contribution in [-0.4, -0.2) is 34.5 Å². The lowest BCUT2D eigenvalue weighted by atomic mass is 10.3. The first-order valence-electron chi connectivity index (χ1n) is 9.76. The normalized spacial score (nSPS) is 11.4. The number of nitrogens with zero attached hydrogens (tertiary/aromatic N) is 6. The number of H-pyrrole nitrogens is 1. The number of hydrogen-bond donors (Lipinski definition) is 3. The van der Waals surface area contributed by atoms with E-state index in [-0.39, 0.29) is 6.04 Å². The first kappa shape index (κ1) is 18.0. The average molecular weight is 399 g/mol. The second-order valence-electron chi connectivity index (χ2n) is 7.23. The van der Waals surface area contributed by atoms with E-state index in [4.69, 9.17) is 0 Å². The van der Waals surface area contributed by atoms with Gasteiger partial charge in [0.15, 0.2) is 17.0 Å². The quantitative estimate of drug-likeness (QED) is 0.395. The van der Waals surface area contributed by atoms with Crippen LogP contribution in [-0.2, 0) is 6.54 Å². The molecular formula is C21H21N9. The summed E-state index contributed by atoms with van der Waals surface area (Å²) >= 11 is 0. The monoisotopic (exact) mass is 399 g/mol. The van der Waals surface area contributed by atoms with Crippen LogP contribution in [0.3, 0.4) is 0 Å². The minimum atomic E-state index is 0.222. The summed E-state index contributed by atoms with van der Waals surface area (Å²) in [6, 6.07) is 12.0. The van der Waals surface area contributed by atoms with Crippen LogP contribution in [0.5, 0.6) is 0 Å². The lowest BCUT2D eigenvalue weighted by molar-refractivity contribution is 0.613. The third-order valence-electron chi connectivity index (χ3n) is 4.76. The number of aromatic nitrogens is 7. The van der Waals surface area contributed by atoms with E-state index in [1.165, 1.54) is 0 Å². The predicted molar refractivity (Wildman–Crippen MR) is 117 cm³/mol. The molecule has 0 spiro atoms. The zero-order valence-corrected chi connectivity index (χ0v) is 16.7. The molecule has 30 heavy (non-hydrogen) atoms. The van der Waals surface area contributed by atoms with Crippen molar-refractivity contribution in [3.63, 3.8) is 0 Å². The Morgan fingerprint density at radius 3 is 2.77 bits per heavy atom. The van der Waals surface area contributed by atoms with Crippen molar-refractivity contribution in [2.45, 2.75) is 26.4 Å². The third kappa shape index (κ3) is 3.41. The Morgan fingerprint density at radius 1 is 1.07 bits per heavy atom. The number of imidazole rings is 2. The molecule has 3 N–H and O–H groups in total. The van der Waals surface area contributed by atoms with E-state index in [0.29, 0.717) is 18.3 Å². The summed E-state index contributed by atoms with van der Waals surface area (Å²) in [5.41, 5.74) is 4.24. The molecule has 0 amide bonds. The Morgan fingerprint density at radius 2 is 1.97 bits per heavy atom. The minimum Gasteiger partial charge on any atom is -0.361 e. The smallest absolute Gasteiger partial charge is 0.231 e. The molecule has 4 heterocycles. The Bertz CT molecular complexity index is 1270. The number of anilines is 3. The second kappa shape index (κ2) is 7.43. The number of aromatic amines is 1. The van der Waals surface area contributed by atoms with Gasteiger partial charge in [0, 0.05) is 12.2 Å². The van der Waals surface area contributed by atoms with Gasteiger partial charge in [0.1, 0.15) is 5.82 Å². The van der Waals surface area contributed by atoms with E-state index in [2.05, 4.69) is 54.4 Å². The van der Waals surface area contributed by atoms with Gasteiger partial charge in [-0.1, -0.05) is 12.1 Å².